The maximum atomic E-state index is 12.7. The number of hydrogen-bond acceptors (Lipinski definition) is 7. The monoisotopic (exact) mass is 446 g/mol. The Hall–Kier alpha value is -3.34. The van der Waals surface area contributed by atoms with Crippen molar-refractivity contribution in [1.29, 1.82) is 0 Å². The van der Waals surface area contributed by atoms with E-state index in [4.69, 9.17) is 21.2 Å². The van der Waals surface area contributed by atoms with E-state index in [1.54, 1.807) is 0 Å². The highest BCUT2D eigenvalue weighted by molar-refractivity contribution is 6.32. The summed E-state index contributed by atoms with van der Waals surface area (Å²) >= 11 is 5.86. The number of carbonyl (C=O) groups excluding carboxylic acids is 1. The molecule has 0 N–H and O–H groups in total. The summed E-state index contributed by atoms with van der Waals surface area (Å²) in [6.07, 6.45) is -4.57. The molecule has 30 heavy (non-hydrogen) atoms. The van der Waals surface area contributed by atoms with E-state index in [2.05, 4.69) is 9.89 Å². The molecule has 0 spiro atoms. The smallest absolute Gasteiger partial charge is 0.416 e. The first-order valence-corrected chi connectivity index (χ1v) is 8.47. The van der Waals surface area contributed by atoms with Crippen LogP contribution in [0.2, 0.25) is 5.02 Å². The van der Waals surface area contributed by atoms with Crippen LogP contribution in [-0.2, 0) is 20.5 Å². The number of halogens is 4. The average Bonchev–Trinajstić information content (AvgIpc) is 2.68. The molecule has 0 radical (unpaired) electrons. The van der Waals surface area contributed by atoms with E-state index in [0.717, 1.165) is 25.3 Å². The van der Waals surface area contributed by atoms with Crippen LogP contribution in [0.25, 0.3) is 0 Å². The van der Waals surface area contributed by atoms with Crippen LogP contribution in [0.3, 0.4) is 0 Å². The van der Waals surface area contributed by atoms with E-state index in [1.807, 2.05) is 0 Å². The zero-order valence-corrected chi connectivity index (χ0v) is 16.3. The number of alkyl halides is 3. The first-order chi connectivity index (χ1) is 14.0. The second-order valence-electron chi connectivity index (χ2n) is 5.71. The largest absolute Gasteiger partial charge is 0.466 e. The van der Waals surface area contributed by atoms with Crippen LogP contribution in [0.1, 0.15) is 18.1 Å². The summed E-state index contributed by atoms with van der Waals surface area (Å²) in [4.78, 5) is 26.4. The molecule has 0 amide bonds. The summed E-state index contributed by atoms with van der Waals surface area (Å²) in [5.41, 5.74) is -1.22. The molecule has 160 valence electrons. The predicted molar refractivity (Wildman–Crippen MR) is 99.8 cm³/mol. The number of hydrogen-bond donors (Lipinski definition) is 0. The van der Waals surface area contributed by atoms with Gasteiger partial charge in [0.15, 0.2) is 0 Å². The maximum absolute atomic E-state index is 12.7. The Morgan fingerprint density at radius 1 is 1.23 bits per heavy atom. The van der Waals surface area contributed by atoms with Crippen LogP contribution >= 0.6 is 11.6 Å². The van der Waals surface area contributed by atoms with Crippen LogP contribution < -0.4 is 4.74 Å². The lowest BCUT2D eigenvalue weighted by molar-refractivity contribution is -0.385. The number of carbonyl (C=O) groups is 1. The van der Waals surface area contributed by atoms with Crippen molar-refractivity contribution in [2.45, 2.75) is 13.1 Å². The minimum Gasteiger partial charge on any atom is -0.466 e. The summed E-state index contributed by atoms with van der Waals surface area (Å²) in [6.45, 7) is 0.896. The Morgan fingerprint density at radius 2 is 1.93 bits per heavy atom. The zero-order valence-electron chi connectivity index (χ0n) is 15.5. The molecule has 2 aromatic carbocycles. The topological polar surface area (TPSA) is 100 Å². The summed E-state index contributed by atoms with van der Waals surface area (Å²) in [5, 5.41) is 14.6. The molecule has 8 nitrogen and oxygen atoms in total. The molecule has 0 aliphatic carbocycles. The van der Waals surface area contributed by atoms with Crippen molar-refractivity contribution in [2.75, 3.05) is 13.7 Å². The summed E-state index contributed by atoms with van der Waals surface area (Å²) < 4.78 is 48.1. The molecule has 0 saturated carbocycles. The van der Waals surface area contributed by atoms with Gasteiger partial charge in [-0.2, -0.15) is 13.2 Å². The van der Waals surface area contributed by atoms with Crippen molar-refractivity contribution in [3.8, 4) is 11.5 Å². The Labute approximate surface area is 172 Å². The van der Waals surface area contributed by atoms with Gasteiger partial charge in [0.2, 0.25) is 6.61 Å². The van der Waals surface area contributed by atoms with E-state index in [9.17, 15) is 28.1 Å². The van der Waals surface area contributed by atoms with Crippen molar-refractivity contribution >= 4 is 29.0 Å². The lowest BCUT2D eigenvalue weighted by atomic mass is 10.1. The lowest BCUT2D eigenvalue weighted by Crippen LogP contribution is -2.09. The van der Waals surface area contributed by atoms with Gasteiger partial charge in [-0.3, -0.25) is 10.1 Å². The van der Waals surface area contributed by atoms with E-state index in [1.165, 1.54) is 19.1 Å². The molecule has 0 atom stereocenters. The Bertz CT molecular complexity index is 994. The van der Waals surface area contributed by atoms with Gasteiger partial charge in [-0.25, -0.2) is 4.79 Å². The van der Waals surface area contributed by atoms with Gasteiger partial charge in [-0.15, -0.1) is 0 Å². The van der Waals surface area contributed by atoms with Crippen LogP contribution in [0.5, 0.6) is 11.5 Å². The second-order valence-corrected chi connectivity index (χ2v) is 6.11. The predicted octanol–water partition coefficient (Wildman–Crippen LogP) is 4.97. The minimum absolute atomic E-state index is 0.00500. The van der Waals surface area contributed by atoms with Crippen molar-refractivity contribution in [1.82, 2.24) is 0 Å². The molecule has 0 heterocycles. The highest BCUT2D eigenvalue weighted by atomic mass is 35.5. The number of benzene rings is 2. The second kappa shape index (κ2) is 9.44. The minimum atomic E-state index is -4.57. The third-order valence-corrected chi connectivity index (χ3v) is 3.95. The van der Waals surface area contributed by atoms with Gasteiger partial charge in [-0.05, 0) is 37.3 Å². The number of nitro groups is 1. The summed E-state index contributed by atoms with van der Waals surface area (Å²) in [5.74, 6) is -0.726. The number of ether oxygens (including phenoxy) is 2. The molecular formula is C18H14ClF3N2O6. The van der Waals surface area contributed by atoms with Gasteiger partial charge < -0.3 is 14.3 Å². The number of nitrogens with zero attached hydrogens (tertiary/aromatic N) is 2. The number of oxime groups is 1. The molecule has 0 saturated heterocycles. The standard InChI is InChI=1S/C18H14ClF3N2O6/c1-10(23-29-9-17(25)28-2)13-8-12(4-5-15(13)24(26)27)30-16-6-3-11(7-14(16)19)18(20,21)22/h3-8H,9H2,1-2H3/b23-10-. The van der Waals surface area contributed by atoms with Gasteiger partial charge in [0.1, 0.15) is 11.5 Å². The Morgan fingerprint density at radius 3 is 2.50 bits per heavy atom. The van der Waals surface area contributed by atoms with Crippen LogP contribution in [-0.4, -0.2) is 30.3 Å². The molecule has 2 rings (SSSR count). The average molecular weight is 447 g/mol. The van der Waals surface area contributed by atoms with Crippen molar-refractivity contribution < 1.29 is 37.2 Å². The lowest BCUT2D eigenvalue weighted by Gasteiger charge is -2.12. The quantitative estimate of drug-likeness (QED) is 0.257. The molecule has 0 unspecified atom stereocenters. The Kier molecular flexibility index (Phi) is 7.22. The van der Waals surface area contributed by atoms with Gasteiger partial charge in [0.05, 0.1) is 33.9 Å². The van der Waals surface area contributed by atoms with Crippen molar-refractivity contribution in [2.24, 2.45) is 5.16 Å². The van der Waals surface area contributed by atoms with Crippen molar-refractivity contribution in [3.05, 3.63) is 62.7 Å². The van der Waals surface area contributed by atoms with Crippen LogP contribution in [0.4, 0.5) is 18.9 Å². The fourth-order valence-corrected chi connectivity index (χ4v) is 2.42. The van der Waals surface area contributed by atoms with E-state index in [0.29, 0.717) is 6.07 Å². The molecule has 12 heteroatoms. The fourth-order valence-electron chi connectivity index (χ4n) is 2.20. The maximum Gasteiger partial charge on any atom is 0.416 e. The van der Waals surface area contributed by atoms with E-state index in [-0.39, 0.29) is 33.5 Å². The van der Waals surface area contributed by atoms with E-state index >= 15 is 0 Å². The van der Waals surface area contributed by atoms with Gasteiger partial charge in [0, 0.05) is 6.07 Å². The number of rotatable bonds is 7. The Balaban J connectivity index is 2.33. The first kappa shape index (κ1) is 22.9. The fraction of sp³-hybridized carbons (Fsp3) is 0.222. The summed E-state index contributed by atoms with van der Waals surface area (Å²) in [7, 11) is 1.15. The van der Waals surface area contributed by atoms with Gasteiger partial charge >= 0.3 is 12.1 Å². The van der Waals surface area contributed by atoms with Gasteiger partial charge in [0.25, 0.3) is 5.69 Å². The number of nitro benzene ring substituents is 1. The van der Waals surface area contributed by atoms with E-state index < -0.39 is 29.2 Å². The molecule has 0 aromatic heterocycles. The SMILES string of the molecule is COC(=O)CO/N=C(/C)c1cc(Oc2ccc(C(F)(F)F)cc2Cl)ccc1[N+](=O)[O-]. The number of methoxy groups -OCH3 is 1. The number of esters is 1. The summed E-state index contributed by atoms with van der Waals surface area (Å²) in [6, 6.07) is 6.15. The molecule has 0 aliphatic heterocycles. The highest BCUT2D eigenvalue weighted by Crippen LogP contribution is 2.37. The van der Waals surface area contributed by atoms with Crippen LogP contribution in [0, 0.1) is 10.1 Å². The third-order valence-electron chi connectivity index (χ3n) is 3.65. The third kappa shape index (κ3) is 5.83. The molecule has 0 bridgehead atoms. The van der Waals surface area contributed by atoms with Crippen LogP contribution in [0.15, 0.2) is 41.6 Å². The zero-order chi connectivity index (χ0) is 22.5. The highest BCUT2D eigenvalue weighted by Gasteiger charge is 2.31. The molecular weight excluding hydrogens is 433 g/mol. The molecule has 0 aliphatic rings. The molecule has 2 aromatic rings. The molecule has 0 fully saturated rings. The van der Waals surface area contributed by atoms with Crippen molar-refractivity contribution in [3.63, 3.8) is 0 Å². The van der Waals surface area contributed by atoms with Gasteiger partial charge in [-0.1, -0.05) is 16.8 Å². The first-order valence-electron chi connectivity index (χ1n) is 8.09. The normalized spacial score (nSPS) is 11.7.